The molecule has 150 heavy (non-hydrogen) atoms. The first-order valence-corrected chi connectivity index (χ1v) is 48.8. The Kier molecular flexibility index (Phi) is 22.0. The fraction of sp³-hybridized carbons (Fsp3) is 0. The topological polar surface area (TPSA) is 185 Å². The average Bonchev–Trinajstić information content (AvgIpc) is 1.57. The Labute approximate surface area is 860 Å². The molecule has 0 N–H and O–H groups in total. The summed E-state index contributed by atoms with van der Waals surface area (Å²) in [5, 5.41) is 73.2. The third kappa shape index (κ3) is 14.7. The van der Waals surface area contributed by atoms with E-state index in [-0.39, 0.29) is 0 Å². The van der Waals surface area contributed by atoms with Crippen LogP contribution in [0.4, 0.5) is 17.1 Å². The van der Waals surface area contributed by atoms with Crippen LogP contribution in [0.5, 0.6) is 0 Å². The predicted molar refractivity (Wildman–Crippen MR) is 605 cm³/mol. The van der Waals surface area contributed by atoms with Crippen molar-refractivity contribution >= 4 is 148 Å². The molecule has 0 saturated heterocycles. The quantitative estimate of drug-likeness (QED) is 0.110. The number of nitrogens with zero attached hydrogens (tertiary/aromatic N) is 15. The zero-order valence-corrected chi connectivity index (χ0v) is 80.0. The lowest BCUT2D eigenvalue weighted by Crippen LogP contribution is -2.00. The van der Waals surface area contributed by atoms with Gasteiger partial charge in [0.25, 0.3) is 0 Å². The van der Waals surface area contributed by atoms with Crippen molar-refractivity contribution in [2.45, 2.75) is 0 Å². The van der Waals surface area contributed by atoms with Gasteiger partial charge in [0.05, 0.1) is 167 Å². The summed E-state index contributed by atoms with van der Waals surface area (Å²) < 4.78 is 13.3. The summed E-state index contributed by atoms with van der Waals surface area (Å²) >= 11 is 0. The fourth-order valence-electron chi connectivity index (χ4n) is 22.4. The van der Waals surface area contributed by atoms with Crippen molar-refractivity contribution in [1.29, 1.82) is 31.6 Å². The lowest BCUT2D eigenvalue weighted by atomic mass is 9.90. The molecule has 0 bridgehead atoms. The maximum absolute atomic E-state index is 10.5. The number of rotatable bonds is 12. The number of aromatic nitrogens is 6. The second-order valence-corrected chi connectivity index (χ2v) is 36.8. The molecule has 0 saturated carbocycles. The van der Waals surface area contributed by atoms with Crippen LogP contribution < -0.4 is 0 Å². The van der Waals surface area contributed by atoms with Crippen LogP contribution in [0, 0.1) is 87.7 Å². The third-order valence-electron chi connectivity index (χ3n) is 28.9. The summed E-state index contributed by atoms with van der Waals surface area (Å²) in [6.45, 7) is 23.0. The normalized spacial score (nSPS) is 11.1. The maximum atomic E-state index is 10.5. The minimum Gasteiger partial charge on any atom is -0.319 e. The molecule has 6 aromatic heterocycles. The Bertz CT molecular complexity index is 10800. The Morgan fingerprint density at radius 2 is 0.447 bits per heavy atom. The summed E-state index contributed by atoms with van der Waals surface area (Å²) in [7, 11) is 0. The summed E-state index contributed by atoms with van der Waals surface area (Å²) in [6, 6.07) is 167. The van der Waals surface area contributed by atoms with E-state index in [9.17, 15) is 31.6 Å². The number of fused-ring (bicyclic) bond motifs is 18. The molecular formula is C135H75N15. The molecule has 0 unspecified atom stereocenters. The van der Waals surface area contributed by atoms with Crippen molar-refractivity contribution in [2.75, 3.05) is 0 Å². The van der Waals surface area contributed by atoms with Gasteiger partial charge in [0.1, 0.15) is 0 Å². The van der Waals surface area contributed by atoms with Crippen LogP contribution in [0.3, 0.4) is 0 Å². The summed E-state index contributed by atoms with van der Waals surface area (Å²) in [5.41, 5.74) is 34.6. The Morgan fingerprint density at radius 1 is 0.180 bits per heavy atom. The lowest BCUT2D eigenvalue weighted by molar-refractivity contribution is 1.18. The van der Waals surface area contributed by atoms with E-state index < -0.39 is 0 Å². The SMILES string of the molecule is [C-]#[N+]c1ccc2c(c1)c1ccccc1n2-c1ccc(-c2ccccc2-c2c(C#N)cccc2-n2c3ccccc3c3cc(C#N)ccc32)cc1.[C-]#[N+]c1ccc2c3ccccc3n(-c3ccc(-c4ccccc4-c4c(C#N)cccc4-n4c5ccccc5c5cc(C#N)ccc54)cc3)c2c1.[C-]#[N+]c1cccc2c3ccccc3n(-c3ccc(-c4ccccc4-c4c(C#N)cccc4-n4c5ccccc5c5cc(C#N)ccc54)cc3)c12. The van der Waals surface area contributed by atoms with Gasteiger partial charge in [-0.05, 0) is 243 Å². The first-order chi connectivity index (χ1) is 74.0. The van der Waals surface area contributed by atoms with Gasteiger partial charge in [0.2, 0.25) is 5.69 Å². The fourth-order valence-corrected chi connectivity index (χ4v) is 22.4. The van der Waals surface area contributed by atoms with E-state index in [2.05, 4.69) is 285 Å². The van der Waals surface area contributed by atoms with Gasteiger partial charge in [-0.3, -0.25) is 0 Å². The largest absolute Gasteiger partial charge is 0.319 e. The number of hydrogen-bond acceptors (Lipinski definition) is 6. The maximum Gasteiger partial charge on any atom is 0.211 e. The second kappa shape index (κ2) is 37.0. The van der Waals surface area contributed by atoms with Gasteiger partial charge < -0.3 is 27.4 Å². The zero-order valence-electron chi connectivity index (χ0n) is 80.0. The molecule has 6 heterocycles. The van der Waals surface area contributed by atoms with Crippen LogP contribution in [0.1, 0.15) is 33.4 Å². The van der Waals surface area contributed by atoms with Gasteiger partial charge in [0.15, 0.2) is 11.4 Å². The number of hydrogen-bond donors (Lipinski definition) is 0. The minimum atomic E-state index is 0.572. The Hall–Kier alpha value is -22.2. The average molecular weight is 1910 g/mol. The Balaban J connectivity index is 0.000000116. The van der Waals surface area contributed by atoms with Crippen LogP contribution in [-0.4, -0.2) is 27.4 Å². The molecule has 0 aliphatic rings. The zero-order chi connectivity index (χ0) is 101. The van der Waals surface area contributed by atoms with Gasteiger partial charge in [-0.15, -0.1) is 0 Å². The van der Waals surface area contributed by atoms with Crippen molar-refractivity contribution in [3.05, 3.63) is 523 Å². The van der Waals surface area contributed by atoms with Crippen LogP contribution in [0.2, 0.25) is 0 Å². The molecule has 15 nitrogen and oxygen atoms in total. The molecule has 27 rings (SSSR count). The molecule has 21 aromatic carbocycles. The molecule has 690 valence electrons. The Morgan fingerprint density at radius 3 is 0.807 bits per heavy atom. The highest BCUT2D eigenvalue weighted by molar-refractivity contribution is 6.18. The molecule has 27 aromatic rings. The van der Waals surface area contributed by atoms with Gasteiger partial charge in [-0.25, -0.2) is 14.5 Å². The van der Waals surface area contributed by atoms with Gasteiger partial charge >= 0.3 is 0 Å². The first kappa shape index (κ1) is 89.2. The van der Waals surface area contributed by atoms with Gasteiger partial charge in [0, 0.05) is 93.1 Å². The standard InChI is InChI=1S/3C45H25N5/c1-48-39-16-9-15-37-34-12-4-6-17-40(34)49(45(37)39)32-23-21-30(22-24-32)33-11-2-3-14-36(33)44-31(28-47)10-8-19-43(44)50-41-18-7-5-13-35(41)38-26-29(27-46)20-25-42(38)50;1-48-32-20-24-42-39(26-32)36-12-4-6-14-40(36)49(42)33-21-18-30(19-22-33)34-10-2-3-13-37(34)45-31(28-47)9-8-16-44(45)50-41-15-7-5-11-35(41)38-25-29(27-46)17-23-43(38)50;1-48-32-20-23-37-35-11-4-6-14-40(35)49(44(37)26-32)33-21-18-30(19-22-33)34-10-2-3-13-38(34)45-31(28-47)9-8-16-43(45)50-41-15-7-5-12-36(41)39-25-29(27-46)17-24-42(39)50/h3*2-26H. The highest BCUT2D eigenvalue weighted by Crippen LogP contribution is 2.50. The van der Waals surface area contributed by atoms with Gasteiger partial charge in [-0.1, -0.05) is 273 Å². The van der Waals surface area contributed by atoms with E-state index in [0.717, 1.165) is 232 Å². The van der Waals surface area contributed by atoms with E-state index in [1.807, 2.05) is 249 Å². The minimum absolute atomic E-state index is 0.572. The number of benzene rings is 21. The van der Waals surface area contributed by atoms with Crippen LogP contribution >= 0.6 is 0 Å². The highest BCUT2D eigenvalue weighted by atomic mass is 15.0. The van der Waals surface area contributed by atoms with E-state index in [4.69, 9.17) is 19.7 Å². The van der Waals surface area contributed by atoms with Crippen LogP contribution in [0.25, 0.3) is 246 Å². The van der Waals surface area contributed by atoms with E-state index in [1.165, 1.54) is 0 Å². The number of nitriles is 6. The van der Waals surface area contributed by atoms with Crippen LogP contribution in [0.15, 0.2) is 455 Å². The molecule has 0 aliphatic carbocycles. The highest BCUT2D eigenvalue weighted by Gasteiger charge is 2.28. The van der Waals surface area contributed by atoms with Crippen molar-refractivity contribution < 1.29 is 0 Å². The third-order valence-corrected chi connectivity index (χ3v) is 28.9. The molecule has 15 heteroatoms. The summed E-state index contributed by atoms with van der Waals surface area (Å²) in [6.07, 6.45) is 0. The smallest absolute Gasteiger partial charge is 0.211 e. The molecule has 0 atom stereocenters. The molecule has 0 spiro atoms. The molecule has 0 aliphatic heterocycles. The van der Waals surface area contributed by atoms with Crippen molar-refractivity contribution in [1.82, 2.24) is 27.4 Å². The summed E-state index contributed by atoms with van der Waals surface area (Å²) in [4.78, 5) is 11.2. The van der Waals surface area contributed by atoms with Crippen LogP contribution in [-0.2, 0) is 0 Å². The monoisotopic (exact) mass is 1910 g/mol. The molecule has 0 radical (unpaired) electrons. The molecule has 0 amide bonds. The van der Waals surface area contributed by atoms with E-state index >= 15 is 0 Å². The van der Waals surface area contributed by atoms with E-state index in [0.29, 0.717) is 50.4 Å². The van der Waals surface area contributed by atoms with Crippen molar-refractivity contribution in [3.8, 4) is 137 Å². The van der Waals surface area contributed by atoms with Crippen molar-refractivity contribution in [3.63, 3.8) is 0 Å². The van der Waals surface area contributed by atoms with Crippen molar-refractivity contribution in [2.24, 2.45) is 0 Å². The molecular weight excluding hydrogens is 1830 g/mol. The summed E-state index contributed by atoms with van der Waals surface area (Å²) in [5.74, 6) is 0. The molecule has 0 fully saturated rings. The van der Waals surface area contributed by atoms with Gasteiger partial charge in [-0.2, -0.15) is 31.6 Å². The lowest BCUT2D eigenvalue weighted by Gasteiger charge is -2.18. The first-order valence-electron chi connectivity index (χ1n) is 48.8. The number of para-hydroxylation sites is 7. The predicted octanol–water partition coefficient (Wildman–Crippen LogP) is 34.5. The van der Waals surface area contributed by atoms with E-state index in [1.54, 1.807) is 0 Å². The second-order valence-electron chi connectivity index (χ2n) is 36.8.